The molecule has 0 amide bonds. The van der Waals surface area contributed by atoms with Gasteiger partial charge in [-0.25, -0.2) is 0 Å². The van der Waals surface area contributed by atoms with Crippen molar-refractivity contribution in [2.24, 2.45) is 5.73 Å². The van der Waals surface area contributed by atoms with E-state index >= 15 is 0 Å². The highest BCUT2D eigenvalue weighted by molar-refractivity contribution is 5.30. The maximum absolute atomic E-state index is 11.9. The van der Waals surface area contributed by atoms with Crippen LogP contribution in [0, 0.1) is 0 Å². The van der Waals surface area contributed by atoms with Gasteiger partial charge in [-0.1, -0.05) is 12.1 Å². The van der Waals surface area contributed by atoms with Gasteiger partial charge in [0.15, 0.2) is 0 Å². The number of hydrogen-bond acceptors (Lipinski definition) is 3. The zero-order valence-electron chi connectivity index (χ0n) is 8.23. The highest BCUT2D eigenvalue weighted by Gasteiger charge is 2.13. The van der Waals surface area contributed by atoms with Gasteiger partial charge in [0.1, 0.15) is 5.75 Å². The Morgan fingerprint density at radius 3 is 2.60 bits per heavy atom. The van der Waals surface area contributed by atoms with Gasteiger partial charge in [0.25, 0.3) is 0 Å². The Morgan fingerprint density at radius 1 is 1.40 bits per heavy atom. The van der Waals surface area contributed by atoms with E-state index in [0.717, 1.165) is 0 Å². The van der Waals surface area contributed by atoms with Crippen molar-refractivity contribution in [1.29, 1.82) is 0 Å². The summed E-state index contributed by atoms with van der Waals surface area (Å²) in [4.78, 5) is 0. The van der Waals surface area contributed by atoms with E-state index in [4.69, 9.17) is 5.73 Å². The molecule has 0 radical (unpaired) electrons. The Morgan fingerprint density at radius 2 is 2.07 bits per heavy atom. The zero-order chi connectivity index (χ0) is 11.4. The standard InChI is InChI=1S/C10H13F2NO2/c1-6(14)9(13)7-3-2-4-8(5-7)15-10(11)12/h2-6,9-10,14H,13H2,1H3/t6-,9-/m0/s1. The summed E-state index contributed by atoms with van der Waals surface area (Å²) in [7, 11) is 0. The monoisotopic (exact) mass is 217 g/mol. The molecule has 5 heteroatoms. The number of ether oxygens (including phenoxy) is 1. The van der Waals surface area contributed by atoms with Crippen molar-refractivity contribution in [2.75, 3.05) is 0 Å². The molecule has 2 atom stereocenters. The fraction of sp³-hybridized carbons (Fsp3) is 0.400. The zero-order valence-corrected chi connectivity index (χ0v) is 8.23. The number of alkyl halides is 2. The van der Waals surface area contributed by atoms with Gasteiger partial charge in [-0.3, -0.25) is 0 Å². The SMILES string of the molecule is C[C@H](O)[C@H](N)c1cccc(OC(F)F)c1. The summed E-state index contributed by atoms with van der Waals surface area (Å²) in [5.41, 5.74) is 6.20. The third kappa shape index (κ3) is 3.45. The summed E-state index contributed by atoms with van der Waals surface area (Å²) in [6.45, 7) is -1.33. The van der Waals surface area contributed by atoms with Crippen LogP contribution in [0.1, 0.15) is 18.5 Å². The molecule has 0 fully saturated rings. The Hall–Kier alpha value is -1.20. The van der Waals surface area contributed by atoms with Crippen LogP contribution in [0.25, 0.3) is 0 Å². The molecule has 0 aromatic heterocycles. The number of aliphatic hydroxyl groups is 1. The molecule has 1 aromatic rings. The highest BCUT2D eigenvalue weighted by atomic mass is 19.3. The topological polar surface area (TPSA) is 55.5 Å². The van der Waals surface area contributed by atoms with Crippen LogP contribution in [0.15, 0.2) is 24.3 Å². The van der Waals surface area contributed by atoms with Crippen LogP contribution in [-0.2, 0) is 0 Å². The van der Waals surface area contributed by atoms with E-state index in [0.29, 0.717) is 5.56 Å². The predicted octanol–water partition coefficient (Wildman–Crippen LogP) is 1.67. The highest BCUT2D eigenvalue weighted by Crippen LogP contribution is 2.21. The van der Waals surface area contributed by atoms with Crippen LogP contribution in [-0.4, -0.2) is 17.8 Å². The van der Waals surface area contributed by atoms with Crippen LogP contribution >= 0.6 is 0 Å². The summed E-state index contributed by atoms with van der Waals surface area (Å²) < 4.78 is 28.0. The molecule has 0 saturated heterocycles. The molecule has 84 valence electrons. The summed E-state index contributed by atoms with van der Waals surface area (Å²) in [5.74, 6) is 0.0404. The average Bonchev–Trinajstić information content (AvgIpc) is 2.16. The molecule has 1 aromatic carbocycles. The lowest BCUT2D eigenvalue weighted by molar-refractivity contribution is -0.0499. The van der Waals surface area contributed by atoms with E-state index < -0.39 is 18.8 Å². The van der Waals surface area contributed by atoms with Crippen LogP contribution < -0.4 is 10.5 Å². The molecule has 3 N–H and O–H groups in total. The lowest BCUT2D eigenvalue weighted by Crippen LogP contribution is -2.23. The third-order valence-corrected chi connectivity index (χ3v) is 1.99. The minimum atomic E-state index is -2.86. The molecule has 0 aliphatic heterocycles. The number of benzene rings is 1. The van der Waals surface area contributed by atoms with Gasteiger partial charge in [-0.2, -0.15) is 8.78 Å². The van der Waals surface area contributed by atoms with Crippen molar-refractivity contribution in [2.45, 2.75) is 25.7 Å². The van der Waals surface area contributed by atoms with E-state index in [9.17, 15) is 13.9 Å². The lowest BCUT2D eigenvalue weighted by atomic mass is 10.0. The van der Waals surface area contributed by atoms with Gasteiger partial charge < -0.3 is 15.6 Å². The van der Waals surface area contributed by atoms with E-state index in [1.165, 1.54) is 19.1 Å². The number of rotatable bonds is 4. The van der Waals surface area contributed by atoms with Crippen molar-refractivity contribution in [3.05, 3.63) is 29.8 Å². The fourth-order valence-electron chi connectivity index (χ4n) is 1.18. The molecule has 0 heterocycles. The van der Waals surface area contributed by atoms with Crippen LogP contribution in [0.5, 0.6) is 5.75 Å². The number of hydrogen-bond donors (Lipinski definition) is 2. The van der Waals surface area contributed by atoms with Crippen molar-refractivity contribution in [1.82, 2.24) is 0 Å². The third-order valence-electron chi connectivity index (χ3n) is 1.99. The molecular formula is C10H13F2NO2. The van der Waals surface area contributed by atoms with Crippen molar-refractivity contribution < 1.29 is 18.6 Å². The van der Waals surface area contributed by atoms with E-state index in [2.05, 4.69) is 4.74 Å². The minimum Gasteiger partial charge on any atom is -0.435 e. The summed E-state index contributed by atoms with van der Waals surface area (Å²) in [6.07, 6.45) is -0.744. The second-order valence-corrected chi connectivity index (χ2v) is 3.22. The smallest absolute Gasteiger partial charge is 0.387 e. The first-order chi connectivity index (χ1) is 7.00. The Bertz CT molecular complexity index is 318. The molecule has 3 nitrogen and oxygen atoms in total. The van der Waals surface area contributed by atoms with Gasteiger partial charge >= 0.3 is 6.61 Å². The molecule has 0 spiro atoms. The number of aliphatic hydroxyl groups excluding tert-OH is 1. The molecule has 0 aliphatic carbocycles. The van der Waals surface area contributed by atoms with Crippen molar-refractivity contribution in [3.63, 3.8) is 0 Å². The Balaban J connectivity index is 2.82. The van der Waals surface area contributed by atoms with Gasteiger partial charge in [-0.15, -0.1) is 0 Å². The first-order valence-corrected chi connectivity index (χ1v) is 4.49. The summed E-state index contributed by atoms with van der Waals surface area (Å²) >= 11 is 0. The number of halogens is 2. The predicted molar refractivity (Wildman–Crippen MR) is 51.7 cm³/mol. The number of nitrogens with two attached hydrogens (primary N) is 1. The quantitative estimate of drug-likeness (QED) is 0.806. The largest absolute Gasteiger partial charge is 0.435 e. The molecule has 15 heavy (non-hydrogen) atoms. The van der Waals surface area contributed by atoms with Crippen LogP contribution in [0.3, 0.4) is 0 Å². The average molecular weight is 217 g/mol. The Labute approximate surface area is 86.5 Å². The fourth-order valence-corrected chi connectivity index (χ4v) is 1.18. The second-order valence-electron chi connectivity index (χ2n) is 3.22. The molecule has 0 saturated carbocycles. The van der Waals surface area contributed by atoms with Crippen molar-refractivity contribution in [3.8, 4) is 5.75 Å². The van der Waals surface area contributed by atoms with Gasteiger partial charge in [-0.05, 0) is 24.6 Å². The maximum atomic E-state index is 11.9. The van der Waals surface area contributed by atoms with Crippen LogP contribution in [0.4, 0.5) is 8.78 Å². The molecule has 0 aliphatic rings. The van der Waals surface area contributed by atoms with E-state index in [-0.39, 0.29) is 5.75 Å². The van der Waals surface area contributed by atoms with E-state index in [1.54, 1.807) is 12.1 Å². The molecular weight excluding hydrogens is 204 g/mol. The van der Waals surface area contributed by atoms with Crippen molar-refractivity contribution >= 4 is 0 Å². The lowest BCUT2D eigenvalue weighted by Gasteiger charge is -2.15. The normalized spacial score (nSPS) is 15.1. The first kappa shape index (κ1) is 11.9. The summed E-state index contributed by atoms with van der Waals surface area (Å²) in [5, 5.41) is 9.23. The molecule has 1 rings (SSSR count). The first-order valence-electron chi connectivity index (χ1n) is 4.49. The minimum absolute atomic E-state index is 0.0404. The molecule has 0 unspecified atom stereocenters. The summed E-state index contributed by atoms with van der Waals surface area (Å²) in [6, 6.07) is 5.39. The Kier molecular flexibility index (Phi) is 3.99. The van der Waals surface area contributed by atoms with Gasteiger partial charge in [0, 0.05) is 0 Å². The van der Waals surface area contributed by atoms with E-state index in [1.807, 2.05) is 0 Å². The second kappa shape index (κ2) is 5.04. The molecule has 0 bridgehead atoms. The van der Waals surface area contributed by atoms with Gasteiger partial charge in [0.2, 0.25) is 0 Å². The van der Waals surface area contributed by atoms with Gasteiger partial charge in [0.05, 0.1) is 12.1 Å². The maximum Gasteiger partial charge on any atom is 0.387 e. The van der Waals surface area contributed by atoms with Crippen LogP contribution in [0.2, 0.25) is 0 Å².